The van der Waals surface area contributed by atoms with Gasteiger partial charge in [-0.25, -0.2) is 0 Å². The van der Waals surface area contributed by atoms with Crippen molar-refractivity contribution in [2.24, 2.45) is 7.05 Å². The number of fused-ring (bicyclic) bond motifs is 3. The van der Waals surface area contributed by atoms with E-state index in [2.05, 4.69) is 22.4 Å². The van der Waals surface area contributed by atoms with E-state index in [1.807, 2.05) is 12.1 Å². The zero-order valence-electron chi connectivity index (χ0n) is 14.0. The van der Waals surface area contributed by atoms with Crippen molar-refractivity contribution < 1.29 is 4.79 Å². The molecule has 1 aromatic carbocycles. The van der Waals surface area contributed by atoms with Crippen LogP contribution in [0.5, 0.6) is 0 Å². The standard InChI is InChI=1S/C18H22N4O2/c1-21-12-7-8-13(21)10-11(9-12)19-18(24)16-17(23)14-5-3-4-6-15(14)22(2)20-16/h3-6,11-13H,7-10H2,1-2H3,(H,19,24). The van der Waals surface area contributed by atoms with Gasteiger partial charge in [0.25, 0.3) is 5.91 Å². The zero-order valence-corrected chi connectivity index (χ0v) is 14.0. The van der Waals surface area contributed by atoms with Crippen LogP contribution in [0.25, 0.3) is 10.9 Å². The molecule has 4 rings (SSSR count). The van der Waals surface area contributed by atoms with E-state index in [0.29, 0.717) is 17.5 Å². The summed E-state index contributed by atoms with van der Waals surface area (Å²) < 4.78 is 1.60. The third-order valence-electron chi connectivity index (χ3n) is 5.61. The molecule has 1 amide bonds. The predicted molar refractivity (Wildman–Crippen MR) is 92.0 cm³/mol. The van der Waals surface area contributed by atoms with Crippen LogP contribution in [-0.2, 0) is 7.05 Å². The van der Waals surface area contributed by atoms with Crippen molar-refractivity contribution in [3.8, 4) is 0 Å². The number of hydrogen-bond donors (Lipinski definition) is 1. The van der Waals surface area contributed by atoms with Gasteiger partial charge in [-0.05, 0) is 44.9 Å². The Balaban J connectivity index is 1.60. The van der Waals surface area contributed by atoms with Crippen LogP contribution >= 0.6 is 0 Å². The van der Waals surface area contributed by atoms with Crippen molar-refractivity contribution in [2.45, 2.75) is 43.8 Å². The Labute approximate surface area is 140 Å². The summed E-state index contributed by atoms with van der Waals surface area (Å²) in [6, 6.07) is 8.45. The molecular weight excluding hydrogens is 304 g/mol. The summed E-state index contributed by atoms with van der Waals surface area (Å²) in [6.07, 6.45) is 4.30. The van der Waals surface area contributed by atoms with Gasteiger partial charge in [0, 0.05) is 30.6 Å². The molecule has 6 heteroatoms. The van der Waals surface area contributed by atoms with Gasteiger partial charge in [-0.1, -0.05) is 12.1 Å². The molecule has 2 atom stereocenters. The van der Waals surface area contributed by atoms with Gasteiger partial charge < -0.3 is 10.2 Å². The summed E-state index contributed by atoms with van der Waals surface area (Å²) in [6.45, 7) is 0. The quantitative estimate of drug-likeness (QED) is 0.903. The number of hydrogen-bond acceptors (Lipinski definition) is 4. The van der Waals surface area contributed by atoms with Crippen LogP contribution < -0.4 is 10.7 Å². The Hall–Kier alpha value is -2.21. The van der Waals surface area contributed by atoms with Crippen LogP contribution in [0.15, 0.2) is 29.1 Å². The minimum absolute atomic E-state index is 0.0116. The highest BCUT2D eigenvalue weighted by atomic mass is 16.2. The Morgan fingerprint density at radius 3 is 2.54 bits per heavy atom. The van der Waals surface area contributed by atoms with Crippen molar-refractivity contribution in [2.75, 3.05) is 7.05 Å². The second-order valence-corrected chi connectivity index (χ2v) is 7.01. The molecule has 2 bridgehead atoms. The molecule has 0 radical (unpaired) electrons. The van der Waals surface area contributed by atoms with Crippen LogP contribution in [-0.4, -0.2) is 45.8 Å². The summed E-state index contributed by atoms with van der Waals surface area (Å²) >= 11 is 0. The third-order valence-corrected chi connectivity index (χ3v) is 5.61. The first kappa shape index (κ1) is 15.3. The van der Waals surface area contributed by atoms with Crippen molar-refractivity contribution >= 4 is 16.8 Å². The van der Waals surface area contributed by atoms with E-state index in [0.717, 1.165) is 18.4 Å². The minimum atomic E-state index is -0.352. The average Bonchev–Trinajstić information content (AvgIpc) is 2.80. The number of rotatable bonds is 2. The van der Waals surface area contributed by atoms with Crippen molar-refractivity contribution in [3.05, 3.63) is 40.2 Å². The number of nitrogens with zero attached hydrogens (tertiary/aromatic N) is 3. The summed E-state index contributed by atoms with van der Waals surface area (Å²) in [5, 5.41) is 7.80. The number of aromatic nitrogens is 2. The Morgan fingerprint density at radius 1 is 1.17 bits per heavy atom. The van der Waals surface area contributed by atoms with Gasteiger partial charge in [0.1, 0.15) is 0 Å². The average molecular weight is 326 g/mol. The summed E-state index contributed by atoms with van der Waals surface area (Å²) in [7, 11) is 3.93. The summed E-state index contributed by atoms with van der Waals surface area (Å²) in [5.41, 5.74) is 0.427. The summed E-state index contributed by atoms with van der Waals surface area (Å²) in [4.78, 5) is 27.7. The molecule has 1 aromatic heterocycles. The molecule has 2 fully saturated rings. The first-order valence-electron chi connectivity index (χ1n) is 8.53. The third kappa shape index (κ3) is 2.41. The van der Waals surface area contributed by atoms with Crippen LogP contribution in [0, 0.1) is 0 Å². The highest BCUT2D eigenvalue weighted by Crippen LogP contribution is 2.34. The molecule has 2 aliphatic rings. The topological polar surface area (TPSA) is 67.2 Å². The minimum Gasteiger partial charge on any atom is -0.348 e. The molecule has 2 aromatic rings. The predicted octanol–water partition coefficient (Wildman–Crippen LogP) is 1.29. The van der Waals surface area contributed by atoms with Gasteiger partial charge in [0.2, 0.25) is 5.43 Å². The second-order valence-electron chi connectivity index (χ2n) is 7.01. The molecule has 2 unspecified atom stereocenters. The van der Waals surface area contributed by atoms with Crippen LogP contribution in [0.4, 0.5) is 0 Å². The van der Waals surface area contributed by atoms with Crippen LogP contribution in [0.3, 0.4) is 0 Å². The Kier molecular flexibility index (Phi) is 3.64. The van der Waals surface area contributed by atoms with Gasteiger partial charge in [-0.2, -0.15) is 5.10 Å². The van der Waals surface area contributed by atoms with Crippen molar-refractivity contribution in [3.63, 3.8) is 0 Å². The number of amides is 1. The molecule has 0 spiro atoms. The number of nitrogens with one attached hydrogen (secondary N) is 1. The zero-order chi connectivity index (χ0) is 16.8. The highest BCUT2D eigenvalue weighted by molar-refractivity contribution is 5.95. The fourth-order valence-electron chi connectivity index (χ4n) is 4.26. The molecule has 0 aliphatic carbocycles. The molecule has 24 heavy (non-hydrogen) atoms. The lowest BCUT2D eigenvalue weighted by Gasteiger charge is -2.36. The van der Waals surface area contributed by atoms with Crippen molar-refractivity contribution in [1.82, 2.24) is 20.0 Å². The molecule has 2 saturated heterocycles. The van der Waals surface area contributed by atoms with E-state index in [1.54, 1.807) is 23.9 Å². The Morgan fingerprint density at radius 2 is 1.83 bits per heavy atom. The van der Waals surface area contributed by atoms with E-state index in [4.69, 9.17) is 0 Å². The number of aryl methyl sites for hydroxylation is 1. The fraction of sp³-hybridized carbons (Fsp3) is 0.500. The summed E-state index contributed by atoms with van der Waals surface area (Å²) in [5.74, 6) is -0.352. The first-order valence-corrected chi connectivity index (χ1v) is 8.53. The maximum absolute atomic E-state index is 12.6. The van der Waals surface area contributed by atoms with Crippen molar-refractivity contribution in [1.29, 1.82) is 0 Å². The fourth-order valence-corrected chi connectivity index (χ4v) is 4.26. The number of piperidine rings is 1. The van der Waals surface area contributed by atoms with E-state index in [9.17, 15) is 9.59 Å². The number of benzene rings is 1. The first-order chi connectivity index (χ1) is 11.5. The number of para-hydroxylation sites is 1. The monoisotopic (exact) mass is 326 g/mol. The molecule has 0 saturated carbocycles. The molecule has 126 valence electrons. The maximum atomic E-state index is 12.6. The lowest BCUT2D eigenvalue weighted by molar-refractivity contribution is 0.0874. The van der Waals surface area contributed by atoms with E-state index in [1.165, 1.54) is 12.8 Å². The number of carbonyl (C=O) groups is 1. The van der Waals surface area contributed by atoms with Gasteiger partial charge in [0.15, 0.2) is 5.69 Å². The van der Waals surface area contributed by atoms with Gasteiger partial charge in [0.05, 0.1) is 5.52 Å². The van der Waals surface area contributed by atoms with E-state index in [-0.39, 0.29) is 23.1 Å². The molecule has 3 heterocycles. The molecule has 6 nitrogen and oxygen atoms in total. The lowest BCUT2D eigenvalue weighted by atomic mass is 9.98. The smallest absolute Gasteiger partial charge is 0.276 e. The Bertz CT molecular complexity index is 846. The highest BCUT2D eigenvalue weighted by Gasteiger charge is 2.39. The lowest BCUT2D eigenvalue weighted by Crippen LogP contribution is -2.49. The SMILES string of the molecule is CN1C2CCC1CC(NC(=O)c1nn(C)c3ccccc3c1=O)C2. The second kappa shape index (κ2) is 5.70. The van der Waals surface area contributed by atoms with E-state index >= 15 is 0 Å². The number of carbonyl (C=O) groups excluding carboxylic acids is 1. The normalized spacial score (nSPS) is 26.7. The van der Waals surface area contributed by atoms with Gasteiger partial charge >= 0.3 is 0 Å². The van der Waals surface area contributed by atoms with Crippen LogP contribution in [0.2, 0.25) is 0 Å². The van der Waals surface area contributed by atoms with Crippen LogP contribution in [0.1, 0.15) is 36.2 Å². The van der Waals surface area contributed by atoms with Gasteiger partial charge in [-0.15, -0.1) is 0 Å². The molecule has 1 N–H and O–H groups in total. The largest absolute Gasteiger partial charge is 0.348 e. The van der Waals surface area contributed by atoms with Gasteiger partial charge in [-0.3, -0.25) is 14.3 Å². The maximum Gasteiger partial charge on any atom is 0.276 e. The van der Waals surface area contributed by atoms with E-state index < -0.39 is 0 Å². The molecule has 2 aliphatic heterocycles. The molecular formula is C18H22N4O2.